The molecule has 1 aliphatic heterocycles. The maximum atomic E-state index is 11.5. The topological polar surface area (TPSA) is 71.5 Å². The number of anilines is 1. The third-order valence-corrected chi connectivity index (χ3v) is 4.03. The first kappa shape index (κ1) is 13.8. The van der Waals surface area contributed by atoms with E-state index >= 15 is 0 Å². The third-order valence-electron chi connectivity index (χ3n) is 3.13. The summed E-state index contributed by atoms with van der Waals surface area (Å²) in [5.74, 6) is -0.249. The zero-order chi connectivity index (χ0) is 14.0. The highest BCUT2D eigenvalue weighted by molar-refractivity contribution is 7.15. The number of likely N-dealkylation sites (tertiary alicyclic amines) is 1. The summed E-state index contributed by atoms with van der Waals surface area (Å²) >= 11 is 1.43. The average Bonchev–Trinajstić information content (AvgIpc) is 2.74. The van der Waals surface area contributed by atoms with Gasteiger partial charge in [-0.05, 0) is 13.3 Å². The van der Waals surface area contributed by atoms with Crippen molar-refractivity contribution >= 4 is 28.3 Å². The van der Waals surface area contributed by atoms with Crippen molar-refractivity contribution in [2.75, 3.05) is 26.0 Å². The first-order valence-electron chi connectivity index (χ1n) is 6.07. The molecule has 1 saturated heterocycles. The molecule has 104 valence electrons. The molecular formula is C12H17N3O3S. The number of carbonyl (C=O) groups is 2. The summed E-state index contributed by atoms with van der Waals surface area (Å²) in [6.07, 6.45) is 1.33. The highest BCUT2D eigenvalue weighted by Gasteiger charge is 2.24. The number of ether oxygens (including phenoxy) is 1. The van der Waals surface area contributed by atoms with Crippen molar-refractivity contribution in [3.05, 3.63) is 10.6 Å². The van der Waals surface area contributed by atoms with Gasteiger partial charge in [0.15, 0.2) is 10.8 Å². The maximum absolute atomic E-state index is 11.5. The number of piperidine rings is 1. The normalized spacial score (nSPS) is 19.4. The first-order chi connectivity index (χ1) is 9.01. The highest BCUT2D eigenvalue weighted by atomic mass is 32.1. The van der Waals surface area contributed by atoms with Gasteiger partial charge in [-0.1, -0.05) is 0 Å². The fraction of sp³-hybridized carbons (Fsp3) is 0.583. The van der Waals surface area contributed by atoms with Crippen LogP contribution in [0.1, 0.15) is 28.2 Å². The number of aryl methyl sites for hydroxylation is 1. The summed E-state index contributed by atoms with van der Waals surface area (Å²) in [5.41, 5.74) is 0.357. The van der Waals surface area contributed by atoms with Gasteiger partial charge in [0.2, 0.25) is 5.91 Å². The molecule has 1 aromatic heterocycles. The van der Waals surface area contributed by atoms with E-state index in [4.69, 9.17) is 0 Å². The number of hydrogen-bond acceptors (Lipinski definition) is 6. The number of esters is 1. The minimum absolute atomic E-state index is 0.170. The van der Waals surface area contributed by atoms with Crippen molar-refractivity contribution in [2.24, 2.45) is 0 Å². The average molecular weight is 283 g/mol. The van der Waals surface area contributed by atoms with Gasteiger partial charge in [0.05, 0.1) is 7.11 Å². The molecule has 0 radical (unpaired) electrons. The predicted molar refractivity (Wildman–Crippen MR) is 72.5 cm³/mol. The van der Waals surface area contributed by atoms with E-state index in [1.54, 1.807) is 11.9 Å². The molecule has 19 heavy (non-hydrogen) atoms. The molecule has 0 aromatic carbocycles. The molecule has 1 aromatic rings. The fourth-order valence-corrected chi connectivity index (χ4v) is 2.93. The zero-order valence-corrected chi connectivity index (χ0v) is 12.0. The van der Waals surface area contributed by atoms with Crippen molar-refractivity contribution in [1.29, 1.82) is 0 Å². The molecule has 0 bridgehead atoms. The Morgan fingerprint density at radius 3 is 2.95 bits per heavy atom. The van der Waals surface area contributed by atoms with E-state index in [0.717, 1.165) is 11.3 Å². The second-order valence-electron chi connectivity index (χ2n) is 4.57. The van der Waals surface area contributed by atoms with Gasteiger partial charge < -0.3 is 15.0 Å². The number of nitrogens with one attached hydrogen (secondary N) is 1. The Hall–Kier alpha value is -1.63. The molecule has 0 saturated carbocycles. The second kappa shape index (κ2) is 5.56. The van der Waals surface area contributed by atoms with Crippen molar-refractivity contribution in [2.45, 2.75) is 25.8 Å². The van der Waals surface area contributed by atoms with Gasteiger partial charge in [-0.25, -0.2) is 9.78 Å². The number of rotatable bonds is 3. The van der Waals surface area contributed by atoms with E-state index in [9.17, 15) is 9.59 Å². The zero-order valence-electron chi connectivity index (χ0n) is 11.2. The molecule has 1 fully saturated rings. The van der Waals surface area contributed by atoms with Crippen LogP contribution in [0.3, 0.4) is 0 Å². The molecule has 1 N–H and O–H groups in total. The lowest BCUT2D eigenvalue weighted by molar-refractivity contribution is -0.132. The van der Waals surface area contributed by atoms with Crippen LogP contribution < -0.4 is 5.32 Å². The molecule has 1 atom stereocenters. The number of amides is 1. The Morgan fingerprint density at radius 1 is 1.58 bits per heavy atom. The molecule has 7 heteroatoms. The molecular weight excluding hydrogens is 266 g/mol. The van der Waals surface area contributed by atoms with Crippen molar-refractivity contribution < 1.29 is 14.3 Å². The molecule has 1 unspecified atom stereocenters. The Bertz CT molecular complexity index is 500. The van der Waals surface area contributed by atoms with Crippen LogP contribution >= 0.6 is 11.3 Å². The molecule has 2 heterocycles. The number of hydrogen-bond donors (Lipinski definition) is 1. The lowest BCUT2D eigenvalue weighted by atomic mass is 10.1. The monoisotopic (exact) mass is 283 g/mol. The van der Waals surface area contributed by atoms with Gasteiger partial charge in [0, 0.05) is 30.9 Å². The summed E-state index contributed by atoms with van der Waals surface area (Å²) in [6.45, 7) is 2.50. The van der Waals surface area contributed by atoms with E-state index in [2.05, 4.69) is 15.0 Å². The Morgan fingerprint density at radius 2 is 2.32 bits per heavy atom. The quantitative estimate of drug-likeness (QED) is 0.846. The van der Waals surface area contributed by atoms with Crippen LogP contribution in [0.4, 0.5) is 5.13 Å². The molecule has 1 aliphatic rings. The number of methoxy groups -OCH3 is 1. The summed E-state index contributed by atoms with van der Waals surface area (Å²) in [4.78, 5) is 29.7. The minimum atomic E-state index is -0.419. The van der Waals surface area contributed by atoms with E-state index in [-0.39, 0.29) is 11.9 Å². The number of carbonyl (C=O) groups excluding carboxylic acids is 2. The van der Waals surface area contributed by atoms with E-state index < -0.39 is 5.97 Å². The standard InChI is InChI=1S/C12H17N3O3S/c1-7-10(11(17)18-3)14-12(19-7)13-8-4-5-9(16)15(2)6-8/h8H,4-6H2,1-3H3,(H,13,14). The lowest BCUT2D eigenvalue weighted by Gasteiger charge is -2.29. The van der Waals surface area contributed by atoms with Crippen LogP contribution in [0, 0.1) is 6.92 Å². The van der Waals surface area contributed by atoms with Crippen molar-refractivity contribution in [3.8, 4) is 0 Å². The van der Waals surface area contributed by atoms with E-state index in [1.807, 2.05) is 6.92 Å². The maximum Gasteiger partial charge on any atom is 0.357 e. The number of likely N-dealkylation sites (N-methyl/N-ethyl adjacent to an activating group) is 1. The third kappa shape index (κ3) is 3.04. The van der Waals surface area contributed by atoms with Crippen LogP contribution in [0.2, 0.25) is 0 Å². The van der Waals surface area contributed by atoms with Gasteiger partial charge in [-0.15, -0.1) is 11.3 Å². The molecule has 6 nitrogen and oxygen atoms in total. The molecule has 0 spiro atoms. The van der Waals surface area contributed by atoms with Crippen LogP contribution in [0.25, 0.3) is 0 Å². The molecule has 2 rings (SSSR count). The summed E-state index contributed by atoms with van der Waals surface area (Å²) in [7, 11) is 3.14. The number of aromatic nitrogens is 1. The number of thiazole rings is 1. The minimum Gasteiger partial charge on any atom is -0.464 e. The second-order valence-corrected chi connectivity index (χ2v) is 5.77. The molecule has 1 amide bonds. The van der Waals surface area contributed by atoms with Crippen LogP contribution in [0.5, 0.6) is 0 Å². The summed E-state index contributed by atoms with van der Waals surface area (Å²) in [6, 6.07) is 0.179. The smallest absolute Gasteiger partial charge is 0.357 e. The van der Waals surface area contributed by atoms with Gasteiger partial charge in [-0.2, -0.15) is 0 Å². The first-order valence-corrected chi connectivity index (χ1v) is 6.89. The summed E-state index contributed by atoms with van der Waals surface area (Å²) < 4.78 is 4.68. The van der Waals surface area contributed by atoms with Crippen LogP contribution in [-0.4, -0.2) is 48.5 Å². The SMILES string of the molecule is COC(=O)c1nc(NC2CCC(=O)N(C)C2)sc1C. The van der Waals surface area contributed by atoms with Crippen LogP contribution in [-0.2, 0) is 9.53 Å². The lowest BCUT2D eigenvalue weighted by Crippen LogP contribution is -2.43. The van der Waals surface area contributed by atoms with Gasteiger partial charge in [-0.3, -0.25) is 4.79 Å². The largest absolute Gasteiger partial charge is 0.464 e. The van der Waals surface area contributed by atoms with Gasteiger partial charge in [0.1, 0.15) is 0 Å². The van der Waals surface area contributed by atoms with Crippen molar-refractivity contribution in [1.82, 2.24) is 9.88 Å². The molecule has 0 aliphatic carbocycles. The predicted octanol–water partition coefficient (Wildman–Crippen LogP) is 1.27. The van der Waals surface area contributed by atoms with E-state index in [1.165, 1.54) is 18.4 Å². The van der Waals surface area contributed by atoms with Crippen LogP contribution in [0.15, 0.2) is 0 Å². The summed E-state index contributed by atoms with van der Waals surface area (Å²) in [5, 5.41) is 3.98. The highest BCUT2D eigenvalue weighted by Crippen LogP contribution is 2.24. The van der Waals surface area contributed by atoms with E-state index in [0.29, 0.717) is 23.8 Å². The Labute approximate surface area is 115 Å². The Kier molecular flexibility index (Phi) is 4.04. The Balaban J connectivity index is 2.04. The van der Waals surface area contributed by atoms with Crippen molar-refractivity contribution in [3.63, 3.8) is 0 Å². The fourth-order valence-electron chi connectivity index (χ4n) is 2.05. The van der Waals surface area contributed by atoms with Gasteiger partial charge in [0.25, 0.3) is 0 Å². The number of nitrogens with zero attached hydrogens (tertiary/aromatic N) is 2. The van der Waals surface area contributed by atoms with Gasteiger partial charge >= 0.3 is 5.97 Å².